The Morgan fingerprint density at radius 3 is 2.78 bits per heavy atom. The first-order valence-electron chi connectivity index (χ1n) is 11.8. The van der Waals surface area contributed by atoms with Crippen LogP contribution in [0.3, 0.4) is 0 Å². The molecule has 1 saturated carbocycles. The zero-order valence-corrected chi connectivity index (χ0v) is 20.3. The highest BCUT2D eigenvalue weighted by Crippen LogP contribution is 2.42. The molecule has 1 N–H and O–H groups in total. The average molecular weight is 531 g/mol. The zero-order chi connectivity index (χ0) is 25.9. The van der Waals surface area contributed by atoms with E-state index in [0.717, 1.165) is 0 Å². The predicted octanol–water partition coefficient (Wildman–Crippen LogP) is 4.56. The van der Waals surface area contributed by atoms with Gasteiger partial charge in [-0.3, -0.25) is 4.79 Å². The molecule has 2 aliphatic heterocycles. The summed E-state index contributed by atoms with van der Waals surface area (Å²) in [4.78, 5) is 28.4. The summed E-state index contributed by atoms with van der Waals surface area (Å²) in [5, 5.41) is 2.57. The van der Waals surface area contributed by atoms with Crippen molar-refractivity contribution in [1.29, 1.82) is 0 Å². The number of hydrogen-bond donors (Lipinski definition) is 1. The van der Waals surface area contributed by atoms with Crippen LogP contribution in [0.15, 0.2) is 37.2 Å². The van der Waals surface area contributed by atoms with Crippen LogP contribution in [0, 0.1) is 11.6 Å². The summed E-state index contributed by atoms with van der Waals surface area (Å²) in [5.74, 6) is -1.19. The lowest BCUT2D eigenvalue weighted by Crippen LogP contribution is -2.48. The van der Waals surface area contributed by atoms with Gasteiger partial charge in [-0.1, -0.05) is 18.2 Å². The molecule has 8 nitrogen and oxygen atoms in total. The number of nitrogens with one attached hydrogen (secondary N) is 1. The number of benzene rings is 1. The maximum atomic E-state index is 15.1. The standard InChI is InChI=1S/C25H22ClF3N6O2/c1-2-19(36)34-9-14-7-13(34)10-35(14)24-15(27)8-17-22(33-24)23(31-12-30-17)32-16-3-4-18(20(26)21(16)28)37-11-25(29)5-6-25/h2-4,8,12-14H,1,5-7,9-11H2,(H,30,31,32)/t13-,14-/m0/s1. The van der Waals surface area contributed by atoms with E-state index in [1.807, 2.05) is 4.90 Å². The van der Waals surface area contributed by atoms with E-state index in [9.17, 15) is 9.18 Å². The molecule has 3 aromatic rings. The first kappa shape index (κ1) is 23.8. The normalized spacial score (nSPS) is 21.4. The Bertz CT molecular complexity index is 1440. The van der Waals surface area contributed by atoms with Gasteiger partial charge in [-0.15, -0.1) is 0 Å². The molecule has 0 unspecified atom stereocenters. The van der Waals surface area contributed by atoms with Crippen LogP contribution in [0.25, 0.3) is 11.0 Å². The van der Waals surface area contributed by atoms with Crippen molar-refractivity contribution in [3.05, 3.63) is 53.8 Å². The molecule has 3 fully saturated rings. The third-order valence-electron chi connectivity index (χ3n) is 7.09. The fraction of sp³-hybridized carbons (Fsp3) is 0.360. The van der Waals surface area contributed by atoms with Gasteiger partial charge in [0.05, 0.1) is 23.3 Å². The Morgan fingerprint density at radius 1 is 1.27 bits per heavy atom. The van der Waals surface area contributed by atoms with E-state index < -0.39 is 17.3 Å². The molecule has 4 heterocycles. The number of anilines is 3. The quantitative estimate of drug-likeness (QED) is 0.448. The number of likely N-dealkylation sites (tertiary alicyclic amines) is 1. The number of halogens is 4. The summed E-state index contributed by atoms with van der Waals surface area (Å²) in [6, 6.07) is 3.96. The van der Waals surface area contributed by atoms with Crippen LogP contribution >= 0.6 is 11.6 Å². The molecule has 2 bridgehead atoms. The number of fused-ring (bicyclic) bond motifs is 3. The van der Waals surface area contributed by atoms with Gasteiger partial charge in [-0.25, -0.2) is 28.1 Å². The summed E-state index contributed by atoms with van der Waals surface area (Å²) in [5.41, 5.74) is -0.908. The number of ether oxygens (including phenoxy) is 1. The van der Waals surface area contributed by atoms with E-state index in [-0.39, 0.29) is 63.7 Å². The van der Waals surface area contributed by atoms with Crippen molar-refractivity contribution >= 4 is 45.9 Å². The van der Waals surface area contributed by atoms with Crippen molar-refractivity contribution in [2.24, 2.45) is 0 Å². The summed E-state index contributed by atoms with van der Waals surface area (Å²) in [6.45, 7) is 4.24. The fourth-order valence-electron chi connectivity index (χ4n) is 4.91. The van der Waals surface area contributed by atoms with Gasteiger partial charge in [0.2, 0.25) is 5.91 Å². The number of carbonyl (C=O) groups is 1. The van der Waals surface area contributed by atoms with Crippen molar-refractivity contribution in [2.75, 3.05) is 29.9 Å². The van der Waals surface area contributed by atoms with Crippen LogP contribution in [-0.4, -0.2) is 63.2 Å². The van der Waals surface area contributed by atoms with Gasteiger partial charge in [-0.05, 0) is 37.5 Å². The molecule has 12 heteroatoms. The van der Waals surface area contributed by atoms with Crippen LogP contribution < -0.4 is 15.0 Å². The molecule has 2 atom stereocenters. The predicted molar refractivity (Wildman–Crippen MR) is 132 cm³/mol. The monoisotopic (exact) mass is 530 g/mol. The minimum Gasteiger partial charge on any atom is -0.489 e. The Hall–Kier alpha value is -3.60. The Kier molecular flexibility index (Phi) is 5.63. The molecule has 6 rings (SSSR count). The SMILES string of the molecule is C=CC(=O)N1C[C@@H]2C[C@H]1CN2c1nc2c(Nc3ccc(OCC4(F)CC4)c(Cl)c3F)ncnc2cc1F. The van der Waals surface area contributed by atoms with Gasteiger partial charge in [0.25, 0.3) is 0 Å². The lowest BCUT2D eigenvalue weighted by Gasteiger charge is -2.34. The molecule has 0 radical (unpaired) electrons. The molecule has 1 aliphatic carbocycles. The summed E-state index contributed by atoms with van der Waals surface area (Å²) in [6.07, 6.45) is 4.02. The minimum atomic E-state index is -1.37. The lowest BCUT2D eigenvalue weighted by molar-refractivity contribution is -0.127. The number of pyridine rings is 1. The zero-order valence-electron chi connectivity index (χ0n) is 19.6. The first-order chi connectivity index (χ1) is 17.8. The molecule has 37 heavy (non-hydrogen) atoms. The first-order valence-corrected chi connectivity index (χ1v) is 12.2. The average Bonchev–Trinajstić information content (AvgIpc) is 3.30. The van der Waals surface area contributed by atoms with Crippen LogP contribution in [0.1, 0.15) is 19.3 Å². The number of aromatic nitrogens is 3. The minimum absolute atomic E-state index is 0.00906. The second kappa shape index (κ2) is 8.76. The van der Waals surface area contributed by atoms with Crippen molar-refractivity contribution < 1.29 is 22.7 Å². The summed E-state index contributed by atoms with van der Waals surface area (Å²) < 4.78 is 49.4. The second-order valence-corrected chi connectivity index (χ2v) is 9.96. The number of piperazine rings is 1. The van der Waals surface area contributed by atoms with E-state index in [1.54, 1.807) is 4.90 Å². The Morgan fingerprint density at radius 2 is 2.08 bits per heavy atom. The van der Waals surface area contributed by atoms with Gasteiger partial charge >= 0.3 is 0 Å². The largest absolute Gasteiger partial charge is 0.489 e. The highest BCUT2D eigenvalue weighted by Gasteiger charge is 2.46. The third-order valence-corrected chi connectivity index (χ3v) is 7.45. The summed E-state index contributed by atoms with van der Waals surface area (Å²) >= 11 is 6.14. The number of alkyl halides is 1. The highest BCUT2D eigenvalue weighted by atomic mass is 35.5. The maximum Gasteiger partial charge on any atom is 0.246 e. The van der Waals surface area contributed by atoms with Crippen molar-refractivity contribution in [1.82, 2.24) is 19.9 Å². The molecule has 2 aromatic heterocycles. The van der Waals surface area contributed by atoms with Crippen LogP contribution in [0.4, 0.5) is 30.5 Å². The van der Waals surface area contributed by atoms with Gasteiger partial charge in [0, 0.05) is 19.2 Å². The fourth-order valence-corrected chi connectivity index (χ4v) is 5.13. The number of nitrogens with zero attached hydrogens (tertiary/aromatic N) is 5. The molecule has 1 aromatic carbocycles. The van der Waals surface area contributed by atoms with Crippen molar-refractivity contribution in [2.45, 2.75) is 37.0 Å². The third kappa shape index (κ3) is 4.20. The number of rotatable bonds is 7. The van der Waals surface area contributed by atoms with E-state index in [1.165, 1.54) is 30.6 Å². The molecular weight excluding hydrogens is 509 g/mol. The Balaban J connectivity index is 1.28. The number of carbonyl (C=O) groups excluding carboxylic acids is 1. The van der Waals surface area contributed by atoms with Crippen LogP contribution in [0.2, 0.25) is 5.02 Å². The van der Waals surface area contributed by atoms with Crippen LogP contribution in [0.5, 0.6) is 5.75 Å². The molecule has 1 amide bonds. The van der Waals surface area contributed by atoms with Gasteiger partial charge in [0.1, 0.15) is 34.9 Å². The van der Waals surface area contributed by atoms with Crippen molar-refractivity contribution in [3.8, 4) is 5.75 Å². The highest BCUT2D eigenvalue weighted by molar-refractivity contribution is 6.32. The van der Waals surface area contributed by atoms with Crippen LogP contribution in [-0.2, 0) is 4.79 Å². The molecule has 0 spiro atoms. The van der Waals surface area contributed by atoms with Gasteiger partial charge < -0.3 is 19.9 Å². The Labute approximate surface area is 215 Å². The van der Waals surface area contributed by atoms with E-state index in [0.29, 0.717) is 32.4 Å². The van der Waals surface area contributed by atoms with Gasteiger partial charge in [-0.2, -0.15) is 0 Å². The van der Waals surface area contributed by atoms with E-state index in [2.05, 4.69) is 26.8 Å². The maximum absolute atomic E-state index is 15.1. The van der Waals surface area contributed by atoms with Crippen molar-refractivity contribution in [3.63, 3.8) is 0 Å². The molecular formula is C25H22ClF3N6O2. The van der Waals surface area contributed by atoms with E-state index in [4.69, 9.17) is 16.3 Å². The number of hydrogen-bond acceptors (Lipinski definition) is 7. The van der Waals surface area contributed by atoms with Gasteiger partial charge in [0.15, 0.2) is 23.3 Å². The summed E-state index contributed by atoms with van der Waals surface area (Å²) in [7, 11) is 0. The molecule has 192 valence electrons. The number of amides is 1. The second-order valence-electron chi connectivity index (χ2n) is 9.58. The molecule has 2 saturated heterocycles. The molecule has 3 aliphatic rings. The smallest absolute Gasteiger partial charge is 0.246 e. The van der Waals surface area contributed by atoms with E-state index >= 15 is 8.78 Å². The lowest BCUT2D eigenvalue weighted by atomic mass is 10.2. The topological polar surface area (TPSA) is 83.5 Å².